The van der Waals surface area contributed by atoms with E-state index in [2.05, 4.69) is 19.2 Å². The van der Waals surface area contributed by atoms with Gasteiger partial charge in [-0.1, -0.05) is 13.8 Å². The van der Waals surface area contributed by atoms with Crippen molar-refractivity contribution in [1.82, 2.24) is 10.2 Å². The zero-order valence-electron chi connectivity index (χ0n) is 14.0. The van der Waals surface area contributed by atoms with Crippen LogP contribution in [-0.4, -0.2) is 41.6 Å². The number of rotatable bonds is 3. The van der Waals surface area contributed by atoms with Crippen molar-refractivity contribution in [2.75, 3.05) is 13.2 Å². The van der Waals surface area contributed by atoms with Gasteiger partial charge in [-0.15, -0.1) is 0 Å². The van der Waals surface area contributed by atoms with E-state index in [0.29, 0.717) is 18.6 Å². The molecule has 2 heterocycles. The second-order valence-corrected chi connectivity index (χ2v) is 7.60. The molecule has 2 saturated heterocycles. The minimum absolute atomic E-state index is 0.0392. The largest absolute Gasteiger partial charge is 0.329 e. The Hall–Kier alpha value is -1.10. The molecule has 124 valence electrons. The number of imide groups is 1. The monoisotopic (exact) mass is 308 g/mol. The maximum absolute atomic E-state index is 12.9. The molecular weight excluding hydrogens is 278 g/mol. The van der Waals surface area contributed by atoms with Crippen LogP contribution in [0, 0.1) is 5.92 Å². The molecule has 0 radical (unpaired) electrons. The van der Waals surface area contributed by atoms with Crippen LogP contribution in [0.3, 0.4) is 0 Å². The average molecular weight is 308 g/mol. The van der Waals surface area contributed by atoms with Gasteiger partial charge in [0.25, 0.3) is 5.91 Å². The van der Waals surface area contributed by atoms with Crippen molar-refractivity contribution in [3.63, 3.8) is 0 Å². The molecule has 0 bridgehead atoms. The predicted octanol–water partition coefficient (Wildman–Crippen LogP) is 1.29. The van der Waals surface area contributed by atoms with Crippen molar-refractivity contribution in [2.45, 2.75) is 76.8 Å². The quantitative estimate of drug-likeness (QED) is 0.772. The molecule has 0 aromatic carbocycles. The third kappa shape index (κ3) is 2.75. The summed E-state index contributed by atoms with van der Waals surface area (Å²) in [7, 11) is 0. The van der Waals surface area contributed by atoms with Crippen molar-refractivity contribution >= 4 is 11.9 Å². The zero-order valence-corrected chi connectivity index (χ0v) is 14.0. The van der Waals surface area contributed by atoms with Crippen LogP contribution in [0.25, 0.3) is 0 Å². The summed E-state index contributed by atoms with van der Waals surface area (Å²) in [6.07, 6.45) is 8.52. The number of hydrogen-bond acceptors (Lipinski definition) is 2. The highest BCUT2D eigenvalue weighted by molar-refractivity contribution is 6.06. The number of likely N-dealkylation sites (tertiary alicyclic amines) is 1. The Morgan fingerprint density at radius 1 is 1.23 bits per heavy atom. The van der Waals surface area contributed by atoms with Gasteiger partial charge >= 0.3 is 6.03 Å². The molecule has 3 rings (SSSR count). The number of carbonyl (C=O) groups is 2. The molecule has 3 fully saturated rings. The van der Waals surface area contributed by atoms with E-state index in [9.17, 15) is 9.59 Å². The van der Waals surface area contributed by atoms with Gasteiger partial charge in [-0.05, 0) is 57.3 Å². The highest BCUT2D eigenvalue weighted by Gasteiger charge is 2.53. The molecule has 2 atom stereocenters. The summed E-state index contributed by atoms with van der Waals surface area (Å²) in [5.41, 5.74) is -0.583. The Bertz CT molecular complexity index is 443. The van der Waals surface area contributed by atoms with Gasteiger partial charge in [0.2, 0.25) is 0 Å². The standard InChI is InChI=1S/C17H29N3O2/c1-3-14-6-4-5-11-19(14)12-20-15(21)17(18-16(20)22)9-7-13(2)8-10-17/h13-14H,3-12H2,1-2H3,(H,18,22)/p+1/t13?,14-,17?/m0/s1. The first kappa shape index (κ1) is 15.8. The summed E-state index contributed by atoms with van der Waals surface area (Å²) >= 11 is 0. The van der Waals surface area contributed by atoms with Gasteiger partial charge in [-0.2, -0.15) is 0 Å². The highest BCUT2D eigenvalue weighted by Crippen LogP contribution is 2.36. The van der Waals surface area contributed by atoms with Gasteiger partial charge in [0.05, 0.1) is 12.6 Å². The minimum atomic E-state index is -0.583. The van der Waals surface area contributed by atoms with Crippen molar-refractivity contribution in [1.29, 1.82) is 0 Å². The second-order valence-electron chi connectivity index (χ2n) is 7.60. The molecule has 5 nitrogen and oxygen atoms in total. The number of hydrogen-bond donors (Lipinski definition) is 2. The number of carbonyl (C=O) groups excluding carboxylic acids is 2. The number of quaternary nitrogens is 1. The normalized spacial score (nSPS) is 39.4. The van der Waals surface area contributed by atoms with Gasteiger partial charge in [-0.25, -0.2) is 9.69 Å². The molecule has 2 aliphatic heterocycles. The fourth-order valence-corrected chi connectivity index (χ4v) is 4.47. The van der Waals surface area contributed by atoms with Crippen molar-refractivity contribution in [3.05, 3.63) is 0 Å². The van der Waals surface area contributed by atoms with Crippen LogP contribution in [0.5, 0.6) is 0 Å². The molecule has 3 aliphatic rings. The molecule has 0 aromatic rings. The number of nitrogens with zero attached hydrogens (tertiary/aromatic N) is 1. The number of piperidine rings is 1. The molecule has 5 heteroatoms. The highest BCUT2D eigenvalue weighted by atomic mass is 16.2. The first-order valence-corrected chi connectivity index (χ1v) is 9.04. The number of urea groups is 1. The van der Waals surface area contributed by atoms with E-state index in [0.717, 1.165) is 38.6 Å². The van der Waals surface area contributed by atoms with E-state index in [1.165, 1.54) is 29.1 Å². The van der Waals surface area contributed by atoms with Crippen LogP contribution in [0.15, 0.2) is 0 Å². The lowest BCUT2D eigenvalue weighted by atomic mass is 9.77. The summed E-state index contributed by atoms with van der Waals surface area (Å²) in [6.45, 7) is 6.08. The second kappa shape index (κ2) is 6.19. The lowest BCUT2D eigenvalue weighted by molar-refractivity contribution is -0.937. The minimum Gasteiger partial charge on any atom is -0.323 e. The van der Waals surface area contributed by atoms with E-state index in [1.807, 2.05) is 0 Å². The van der Waals surface area contributed by atoms with Gasteiger partial charge in [0, 0.05) is 0 Å². The fraction of sp³-hybridized carbons (Fsp3) is 0.882. The van der Waals surface area contributed by atoms with Crippen LogP contribution < -0.4 is 10.2 Å². The van der Waals surface area contributed by atoms with E-state index in [-0.39, 0.29) is 11.9 Å². The van der Waals surface area contributed by atoms with Crippen LogP contribution in [0.2, 0.25) is 0 Å². The molecule has 1 unspecified atom stereocenters. The number of amides is 3. The van der Waals surface area contributed by atoms with Crippen molar-refractivity contribution < 1.29 is 14.5 Å². The maximum atomic E-state index is 12.9. The number of nitrogens with one attached hydrogen (secondary N) is 2. The molecule has 22 heavy (non-hydrogen) atoms. The first-order valence-electron chi connectivity index (χ1n) is 9.04. The Morgan fingerprint density at radius 3 is 2.64 bits per heavy atom. The Kier molecular flexibility index (Phi) is 4.44. The molecule has 0 aromatic heterocycles. The lowest BCUT2D eigenvalue weighted by Gasteiger charge is -2.35. The van der Waals surface area contributed by atoms with Gasteiger partial charge < -0.3 is 10.2 Å². The van der Waals surface area contributed by atoms with Crippen molar-refractivity contribution in [3.8, 4) is 0 Å². The van der Waals surface area contributed by atoms with E-state index in [1.54, 1.807) is 0 Å². The maximum Gasteiger partial charge on any atom is 0.329 e. The van der Waals surface area contributed by atoms with E-state index >= 15 is 0 Å². The topological polar surface area (TPSA) is 53.9 Å². The molecule has 3 amide bonds. The summed E-state index contributed by atoms with van der Waals surface area (Å²) in [5, 5.41) is 3.04. The third-order valence-electron chi connectivity index (χ3n) is 6.11. The lowest BCUT2D eigenvalue weighted by Crippen LogP contribution is -3.18. The SMILES string of the molecule is CC[C@H]1CCCC[NH+]1CN1C(=O)NC2(CCC(C)CC2)C1=O. The van der Waals surface area contributed by atoms with E-state index in [4.69, 9.17) is 0 Å². The third-order valence-corrected chi connectivity index (χ3v) is 6.11. The van der Waals surface area contributed by atoms with E-state index < -0.39 is 5.54 Å². The molecular formula is C17H30N3O2+. The van der Waals surface area contributed by atoms with Crippen LogP contribution in [-0.2, 0) is 4.79 Å². The fourth-order valence-electron chi connectivity index (χ4n) is 4.47. The summed E-state index contributed by atoms with van der Waals surface area (Å²) < 4.78 is 0. The summed E-state index contributed by atoms with van der Waals surface area (Å²) in [6, 6.07) is 0.435. The zero-order chi connectivity index (χ0) is 15.7. The van der Waals surface area contributed by atoms with Gasteiger partial charge in [0.1, 0.15) is 5.54 Å². The Morgan fingerprint density at radius 2 is 1.95 bits per heavy atom. The van der Waals surface area contributed by atoms with Gasteiger partial charge in [0.15, 0.2) is 6.67 Å². The average Bonchev–Trinajstić information content (AvgIpc) is 2.75. The van der Waals surface area contributed by atoms with Crippen LogP contribution in [0.1, 0.15) is 65.2 Å². The van der Waals surface area contributed by atoms with Crippen LogP contribution >= 0.6 is 0 Å². The Balaban J connectivity index is 1.69. The summed E-state index contributed by atoms with van der Waals surface area (Å²) in [5.74, 6) is 0.707. The smallest absolute Gasteiger partial charge is 0.323 e. The molecule has 1 spiro atoms. The van der Waals surface area contributed by atoms with Gasteiger partial charge in [-0.3, -0.25) is 4.79 Å². The molecule has 1 aliphatic carbocycles. The molecule has 2 N–H and O–H groups in total. The Labute approximate surface area is 133 Å². The predicted molar refractivity (Wildman–Crippen MR) is 84.4 cm³/mol. The summed E-state index contributed by atoms with van der Waals surface area (Å²) in [4.78, 5) is 28.2. The first-order chi connectivity index (χ1) is 10.6. The van der Waals surface area contributed by atoms with Crippen molar-refractivity contribution in [2.24, 2.45) is 5.92 Å². The molecule has 1 saturated carbocycles. The van der Waals surface area contributed by atoms with Crippen LogP contribution in [0.4, 0.5) is 4.79 Å².